The van der Waals surface area contributed by atoms with Crippen LogP contribution in [0.5, 0.6) is 0 Å². The molecule has 0 saturated heterocycles. The fourth-order valence-corrected chi connectivity index (χ4v) is 6.12. The van der Waals surface area contributed by atoms with Crippen molar-refractivity contribution in [3.8, 4) is 0 Å². The monoisotopic (exact) mass is 710 g/mol. The summed E-state index contributed by atoms with van der Waals surface area (Å²) in [5.41, 5.74) is 3.98. The van der Waals surface area contributed by atoms with Crippen LogP contribution in [-0.2, 0) is 24.0 Å². The molecule has 0 aliphatic rings. The van der Waals surface area contributed by atoms with Crippen LogP contribution in [0.15, 0.2) is 34.9 Å². The molecule has 0 aromatic heterocycles. The summed E-state index contributed by atoms with van der Waals surface area (Å²) >= 11 is 2.99. The number of rotatable bonds is 24. The summed E-state index contributed by atoms with van der Waals surface area (Å²) in [5, 5.41) is 20.4. The molecule has 274 valence electrons. The summed E-state index contributed by atoms with van der Waals surface area (Å²) in [4.78, 5) is 63.8. The van der Waals surface area contributed by atoms with Gasteiger partial charge in [0.2, 0.25) is 23.6 Å². The van der Waals surface area contributed by atoms with E-state index in [9.17, 15) is 29.1 Å². The minimum Gasteiger partial charge on any atom is -0.480 e. The number of carboxylic acid groups (broad SMARTS) is 1. The van der Waals surface area contributed by atoms with E-state index in [1.807, 2.05) is 13.2 Å². The predicted molar refractivity (Wildman–Crippen MR) is 201 cm³/mol. The van der Waals surface area contributed by atoms with Gasteiger partial charge in [0.1, 0.15) is 24.2 Å². The third-order valence-corrected chi connectivity index (χ3v) is 9.53. The second-order valence-electron chi connectivity index (χ2n) is 13.0. The summed E-state index contributed by atoms with van der Waals surface area (Å²) in [6.45, 7) is 17.1. The summed E-state index contributed by atoms with van der Waals surface area (Å²) in [6.07, 6.45) is 13.4. The van der Waals surface area contributed by atoms with Crippen molar-refractivity contribution in [2.45, 2.75) is 125 Å². The highest BCUT2D eigenvalue weighted by atomic mass is 32.2. The van der Waals surface area contributed by atoms with Crippen LogP contribution < -0.4 is 21.3 Å². The molecule has 0 spiro atoms. The molecule has 5 atom stereocenters. The van der Waals surface area contributed by atoms with Crippen molar-refractivity contribution in [3.63, 3.8) is 0 Å². The van der Waals surface area contributed by atoms with E-state index in [2.05, 4.69) is 67.2 Å². The van der Waals surface area contributed by atoms with Crippen molar-refractivity contribution in [1.29, 1.82) is 0 Å². The Bertz CT molecular complexity index is 1130. The largest absolute Gasteiger partial charge is 0.480 e. The van der Waals surface area contributed by atoms with Gasteiger partial charge in [0.25, 0.3) is 0 Å². The first-order valence-electron chi connectivity index (χ1n) is 17.0. The Balaban J connectivity index is 5.42. The molecule has 0 saturated carbocycles. The molecule has 0 radical (unpaired) electrons. The first kappa shape index (κ1) is 45.3. The van der Waals surface area contributed by atoms with Gasteiger partial charge in [-0.2, -0.15) is 23.5 Å². The molecule has 0 bridgehead atoms. The Morgan fingerprint density at radius 2 is 1.29 bits per heavy atom. The molecular formula is C36H62N4O6S2. The average molecular weight is 711 g/mol. The van der Waals surface area contributed by atoms with Gasteiger partial charge in [0.15, 0.2) is 0 Å². The topological polar surface area (TPSA) is 154 Å². The molecule has 0 aliphatic heterocycles. The highest BCUT2D eigenvalue weighted by molar-refractivity contribution is 7.99. The number of amides is 4. The van der Waals surface area contributed by atoms with E-state index in [-0.39, 0.29) is 24.2 Å². The first-order valence-corrected chi connectivity index (χ1v) is 19.5. The van der Waals surface area contributed by atoms with Crippen molar-refractivity contribution in [2.24, 2.45) is 11.8 Å². The lowest BCUT2D eigenvalue weighted by Crippen LogP contribution is -2.60. The van der Waals surface area contributed by atoms with Crippen LogP contribution in [0.1, 0.15) is 101 Å². The predicted octanol–water partition coefficient (Wildman–Crippen LogP) is 5.64. The number of nitrogens with one attached hydrogen (secondary N) is 4. The zero-order valence-corrected chi connectivity index (χ0v) is 32.5. The smallest absolute Gasteiger partial charge is 0.326 e. The zero-order valence-electron chi connectivity index (χ0n) is 30.9. The maximum absolute atomic E-state index is 13.5. The average Bonchev–Trinajstić information content (AvgIpc) is 3.00. The van der Waals surface area contributed by atoms with Gasteiger partial charge in [-0.25, -0.2) is 4.79 Å². The Morgan fingerprint density at radius 3 is 1.81 bits per heavy atom. The van der Waals surface area contributed by atoms with Crippen LogP contribution in [0.2, 0.25) is 0 Å². The fourth-order valence-electron chi connectivity index (χ4n) is 4.64. The molecule has 4 amide bonds. The molecule has 0 aliphatic carbocycles. The molecule has 0 unspecified atom stereocenters. The second-order valence-corrected chi connectivity index (χ2v) is 15.1. The number of hydrogen-bond acceptors (Lipinski definition) is 7. The number of aliphatic carboxylic acids is 1. The van der Waals surface area contributed by atoms with E-state index < -0.39 is 47.9 Å². The van der Waals surface area contributed by atoms with E-state index in [4.69, 9.17) is 0 Å². The Morgan fingerprint density at radius 1 is 0.729 bits per heavy atom. The number of allylic oxidation sites excluding steroid dienone is 5. The number of carbonyl (C=O) groups excluding carboxylic acids is 4. The molecule has 10 nitrogen and oxygen atoms in total. The van der Waals surface area contributed by atoms with Gasteiger partial charge in [0.05, 0.1) is 0 Å². The maximum Gasteiger partial charge on any atom is 0.326 e. The van der Waals surface area contributed by atoms with E-state index in [1.54, 1.807) is 20.8 Å². The third-order valence-electron chi connectivity index (χ3n) is 7.92. The lowest BCUT2D eigenvalue weighted by atomic mass is 9.96. The van der Waals surface area contributed by atoms with Crippen LogP contribution in [-0.4, -0.2) is 82.4 Å². The third kappa shape index (κ3) is 19.9. The molecule has 12 heteroatoms. The minimum atomic E-state index is -1.14. The molecule has 48 heavy (non-hydrogen) atoms. The highest BCUT2D eigenvalue weighted by Gasteiger charge is 2.34. The van der Waals surface area contributed by atoms with Gasteiger partial charge >= 0.3 is 5.97 Å². The minimum absolute atomic E-state index is 0.250. The summed E-state index contributed by atoms with van der Waals surface area (Å²) in [7, 11) is 0. The Labute approximate surface area is 297 Å². The van der Waals surface area contributed by atoms with Gasteiger partial charge in [-0.1, -0.05) is 69.1 Å². The summed E-state index contributed by atoms with van der Waals surface area (Å²) < 4.78 is 0. The zero-order chi connectivity index (χ0) is 36.8. The second kappa shape index (κ2) is 25.3. The van der Waals surface area contributed by atoms with E-state index in [0.29, 0.717) is 23.7 Å². The molecule has 0 aromatic carbocycles. The molecule has 0 rings (SSSR count). The lowest BCUT2D eigenvalue weighted by molar-refractivity contribution is -0.142. The SMILES string of the molecule is CC[C@H](C)[C@H](NC(=O)[C@@H](NC(=O)[C@H](CSC/C=C(\C)CC/C=C(/C)CCC=C(C)C)NC(C)=O)C(C)C)C(=O)N[C@@H](CCSC)C(=O)O. The van der Waals surface area contributed by atoms with Gasteiger partial charge < -0.3 is 26.4 Å². The standard InChI is InChI=1S/C36H62N4O6S2/c1-11-27(8)32(35(44)38-29(36(45)46)19-20-47-10)40-34(43)31(24(4)5)39-33(42)30(37-28(9)41)22-48-21-18-26(7)17-13-16-25(6)15-12-14-23(2)3/h14,16,18,24,27,29-32H,11-13,15,17,19-22H2,1-10H3,(H,37,41)(H,38,44)(H,39,42)(H,40,43)(H,45,46)/b25-16-,26-18+/t27-,29-,30-,31-,32-/m0/s1. The van der Waals surface area contributed by atoms with Gasteiger partial charge in [0, 0.05) is 18.4 Å². The van der Waals surface area contributed by atoms with Crippen molar-refractivity contribution in [1.82, 2.24) is 21.3 Å². The van der Waals surface area contributed by atoms with E-state index >= 15 is 0 Å². The normalized spacial score (nSPS) is 15.1. The summed E-state index contributed by atoms with van der Waals surface area (Å²) in [6, 6.07) is -3.91. The van der Waals surface area contributed by atoms with Crippen LogP contribution in [0.4, 0.5) is 0 Å². The van der Waals surface area contributed by atoms with Gasteiger partial charge in [-0.15, -0.1) is 0 Å². The number of carbonyl (C=O) groups is 5. The number of carboxylic acids is 1. The van der Waals surface area contributed by atoms with Crippen LogP contribution >= 0.6 is 23.5 Å². The molecular weight excluding hydrogens is 649 g/mol. The fraction of sp³-hybridized carbons (Fsp3) is 0.694. The van der Waals surface area contributed by atoms with Gasteiger partial charge in [-0.3, -0.25) is 19.2 Å². The quantitative estimate of drug-likeness (QED) is 0.0638. The van der Waals surface area contributed by atoms with Crippen molar-refractivity contribution >= 4 is 53.1 Å². The Hall–Kier alpha value is -2.73. The van der Waals surface area contributed by atoms with Crippen LogP contribution in [0, 0.1) is 11.8 Å². The molecule has 5 N–H and O–H groups in total. The van der Waals surface area contributed by atoms with Gasteiger partial charge in [-0.05, 0) is 83.6 Å². The molecule has 0 aromatic rings. The Kier molecular flexibility index (Phi) is 23.8. The van der Waals surface area contributed by atoms with Crippen LogP contribution in [0.3, 0.4) is 0 Å². The van der Waals surface area contributed by atoms with E-state index in [0.717, 1.165) is 25.7 Å². The number of thioether (sulfide) groups is 2. The lowest BCUT2D eigenvalue weighted by Gasteiger charge is -2.29. The molecule has 0 fully saturated rings. The first-order chi connectivity index (χ1) is 22.5. The van der Waals surface area contributed by atoms with E-state index in [1.165, 1.54) is 47.2 Å². The highest BCUT2D eigenvalue weighted by Crippen LogP contribution is 2.15. The van der Waals surface area contributed by atoms with Crippen molar-refractivity contribution in [3.05, 3.63) is 34.9 Å². The summed E-state index contributed by atoms with van der Waals surface area (Å²) in [5.74, 6) is -2.20. The van der Waals surface area contributed by atoms with Crippen molar-refractivity contribution in [2.75, 3.05) is 23.5 Å². The maximum atomic E-state index is 13.5. The number of hydrogen-bond donors (Lipinski definition) is 5. The van der Waals surface area contributed by atoms with Crippen molar-refractivity contribution < 1.29 is 29.1 Å². The molecule has 0 heterocycles. The van der Waals surface area contributed by atoms with Crippen LogP contribution in [0.25, 0.3) is 0 Å².